The second-order valence-corrected chi connectivity index (χ2v) is 10.3. The minimum atomic E-state index is -2.71. The quantitative estimate of drug-likeness (QED) is 0.362. The second kappa shape index (κ2) is 9.59. The lowest BCUT2D eigenvalue weighted by Crippen LogP contribution is -2.29. The van der Waals surface area contributed by atoms with Gasteiger partial charge in [-0.1, -0.05) is 23.2 Å². The van der Waals surface area contributed by atoms with Crippen LogP contribution >= 0.6 is 23.2 Å². The van der Waals surface area contributed by atoms with E-state index in [0.29, 0.717) is 43.3 Å². The molecule has 2 aromatic heterocycles. The summed E-state index contributed by atoms with van der Waals surface area (Å²) < 4.78 is 43.8. The molecule has 0 radical (unpaired) electrons. The molecular weight excluding hydrogens is 518 g/mol. The van der Waals surface area contributed by atoms with E-state index in [4.69, 9.17) is 28.9 Å². The van der Waals surface area contributed by atoms with Crippen LogP contribution in [0.25, 0.3) is 11.2 Å². The van der Waals surface area contributed by atoms with Gasteiger partial charge in [-0.2, -0.15) is 4.98 Å². The molecule has 0 bridgehead atoms. The number of aromatic nitrogens is 4. The molecule has 5 rings (SSSR count). The SMILES string of the molecule is NC(=O)[C@H]1CC[C@@H](n2c(Nc3c(F)cc(Cl)cc3Cl)nc3cnc(N[C@H]4CCC(F)(F)C4)nc32)CC1. The lowest BCUT2D eigenvalue weighted by molar-refractivity contribution is -0.122. The van der Waals surface area contributed by atoms with Gasteiger partial charge in [-0.25, -0.2) is 23.1 Å². The average molecular weight is 542 g/mol. The number of amides is 1. The summed E-state index contributed by atoms with van der Waals surface area (Å²) in [6, 6.07) is 1.99. The molecular formula is C23H24Cl2F3N7O. The Hall–Kier alpha value is -2.79. The number of nitrogens with two attached hydrogens (primary N) is 1. The third kappa shape index (κ3) is 5.04. The third-order valence-electron chi connectivity index (χ3n) is 6.88. The van der Waals surface area contributed by atoms with Crippen LogP contribution < -0.4 is 16.4 Å². The molecule has 0 aliphatic heterocycles. The summed E-state index contributed by atoms with van der Waals surface area (Å²) >= 11 is 12.1. The fourth-order valence-electron chi connectivity index (χ4n) is 5.04. The van der Waals surface area contributed by atoms with Crippen LogP contribution in [0.3, 0.4) is 0 Å². The number of halogens is 5. The first-order chi connectivity index (χ1) is 17.1. The molecule has 2 heterocycles. The topological polar surface area (TPSA) is 111 Å². The van der Waals surface area contributed by atoms with Crippen molar-refractivity contribution < 1.29 is 18.0 Å². The van der Waals surface area contributed by atoms with Crippen LogP contribution in [-0.2, 0) is 4.79 Å². The summed E-state index contributed by atoms with van der Waals surface area (Å²) in [7, 11) is 0. The number of carbonyl (C=O) groups excluding carboxylic acids is 1. The lowest BCUT2D eigenvalue weighted by atomic mass is 9.85. The molecule has 36 heavy (non-hydrogen) atoms. The fourth-order valence-corrected chi connectivity index (χ4v) is 5.56. The number of hydrogen-bond acceptors (Lipinski definition) is 6. The largest absolute Gasteiger partial charge is 0.369 e. The zero-order valence-electron chi connectivity index (χ0n) is 19.1. The predicted molar refractivity (Wildman–Crippen MR) is 131 cm³/mol. The van der Waals surface area contributed by atoms with Gasteiger partial charge in [0.25, 0.3) is 0 Å². The van der Waals surface area contributed by atoms with Crippen molar-refractivity contribution >= 4 is 57.9 Å². The summed E-state index contributed by atoms with van der Waals surface area (Å²) in [6.07, 6.45) is 3.74. The highest BCUT2D eigenvalue weighted by Crippen LogP contribution is 2.39. The minimum Gasteiger partial charge on any atom is -0.369 e. The van der Waals surface area contributed by atoms with Crippen molar-refractivity contribution in [3.63, 3.8) is 0 Å². The van der Waals surface area contributed by atoms with E-state index in [1.807, 2.05) is 4.57 Å². The van der Waals surface area contributed by atoms with Gasteiger partial charge in [0.1, 0.15) is 11.3 Å². The average Bonchev–Trinajstić information content (AvgIpc) is 3.34. The van der Waals surface area contributed by atoms with Crippen molar-refractivity contribution in [1.82, 2.24) is 19.5 Å². The zero-order valence-corrected chi connectivity index (χ0v) is 20.6. The van der Waals surface area contributed by atoms with Crippen molar-refractivity contribution in [2.75, 3.05) is 10.6 Å². The van der Waals surface area contributed by atoms with E-state index in [-0.39, 0.29) is 58.3 Å². The molecule has 0 spiro atoms. The number of imidazole rings is 1. The molecule has 0 unspecified atom stereocenters. The molecule has 1 atom stereocenters. The predicted octanol–water partition coefficient (Wildman–Crippen LogP) is 5.83. The van der Waals surface area contributed by atoms with Crippen molar-refractivity contribution in [3.8, 4) is 0 Å². The number of carbonyl (C=O) groups is 1. The molecule has 2 saturated carbocycles. The maximum Gasteiger partial charge on any atom is 0.250 e. The van der Waals surface area contributed by atoms with Crippen molar-refractivity contribution in [1.29, 1.82) is 0 Å². The Morgan fingerprint density at radius 2 is 1.89 bits per heavy atom. The van der Waals surface area contributed by atoms with Crippen molar-refractivity contribution in [2.45, 2.75) is 63.0 Å². The highest BCUT2D eigenvalue weighted by Gasteiger charge is 2.39. The molecule has 1 aromatic carbocycles. The van der Waals surface area contributed by atoms with E-state index in [2.05, 4.69) is 25.6 Å². The maximum absolute atomic E-state index is 14.7. The Kier molecular flexibility index (Phi) is 6.63. The van der Waals surface area contributed by atoms with E-state index in [0.717, 1.165) is 6.07 Å². The van der Waals surface area contributed by atoms with E-state index in [1.165, 1.54) is 12.3 Å². The maximum atomic E-state index is 14.7. The van der Waals surface area contributed by atoms with Crippen LogP contribution in [0.4, 0.5) is 30.8 Å². The number of nitrogens with zero attached hydrogens (tertiary/aromatic N) is 4. The summed E-state index contributed by atoms with van der Waals surface area (Å²) in [4.78, 5) is 25.1. The molecule has 2 aliphatic rings. The lowest BCUT2D eigenvalue weighted by Gasteiger charge is -2.29. The van der Waals surface area contributed by atoms with Crippen LogP contribution in [0.1, 0.15) is 51.0 Å². The monoisotopic (exact) mass is 541 g/mol. The Morgan fingerprint density at radius 3 is 2.53 bits per heavy atom. The van der Waals surface area contributed by atoms with Gasteiger partial charge >= 0.3 is 0 Å². The first-order valence-electron chi connectivity index (χ1n) is 11.7. The second-order valence-electron chi connectivity index (χ2n) is 9.43. The number of rotatable bonds is 6. The van der Waals surface area contributed by atoms with Gasteiger partial charge in [-0.15, -0.1) is 0 Å². The smallest absolute Gasteiger partial charge is 0.250 e. The number of hydrogen-bond donors (Lipinski definition) is 3. The van der Waals surface area contributed by atoms with Crippen LogP contribution in [0.2, 0.25) is 10.0 Å². The van der Waals surface area contributed by atoms with E-state index >= 15 is 0 Å². The van der Waals surface area contributed by atoms with Crippen molar-refractivity contribution in [2.24, 2.45) is 11.7 Å². The summed E-state index contributed by atoms with van der Waals surface area (Å²) in [5.74, 6) is -3.42. The molecule has 1 amide bonds. The molecule has 2 fully saturated rings. The van der Waals surface area contributed by atoms with Crippen LogP contribution in [0.15, 0.2) is 18.3 Å². The van der Waals surface area contributed by atoms with Gasteiger partial charge in [0.15, 0.2) is 5.65 Å². The summed E-state index contributed by atoms with van der Waals surface area (Å²) in [5.41, 5.74) is 6.38. The van der Waals surface area contributed by atoms with Gasteiger partial charge in [-0.3, -0.25) is 9.36 Å². The Balaban J connectivity index is 1.52. The number of nitrogens with one attached hydrogen (secondary N) is 2. The standard InChI is InChI=1S/C23H24Cl2F3N7O/c24-12-7-15(25)18(16(26)8-12)33-22-32-17-10-30-21(31-13-5-6-23(27,28)9-13)34-20(17)35(22)14-3-1-11(2-4-14)19(29)36/h7-8,10-11,13-14H,1-6,9H2,(H2,29,36)(H,32,33)(H,30,31,34)/t11-,13-,14+/m0/s1. The Morgan fingerprint density at radius 1 is 1.14 bits per heavy atom. The first kappa shape index (κ1) is 24.9. The molecule has 4 N–H and O–H groups in total. The Bertz CT molecular complexity index is 1290. The van der Waals surface area contributed by atoms with E-state index in [1.54, 1.807) is 0 Å². The zero-order chi connectivity index (χ0) is 25.6. The molecule has 8 nitrogen and oxygen atoms in total. The van der Waals surface area contributed by atoms with Gasteiger partial charge in [0, 0.05) is 35.9 Å². The normalized spacial score (nSPS) is 23.6. The van der Waals surface area contributed by atoms with Crippen LogP contribution in [-0.4, -0.2) is 37.4 Å². The minimum absolute atomic E-state index is 0.00272. The summed E-state index contributed by atoms with van der Waals surface area (Å²) in [6.45, 7) is 0. The number of alkyl halides is 2. The first-order valence-corrected chi connectivity index (χ1v) is 12.5. The van der Waals surface area contributed by atoms with Gasteiger partial charge in [0.05, 0.1) is 16.9 Å². The molecule has 0 saturated heterocycles. The number of primary amides is 1. The van der Waals surface area contributed by atoms with Crippen LogP contribution in [0.5, 0.6) is 0 Å². The van der Waals surface area contributed by atoms with Crippen LogP contribution in [0, 0.1) is 11.7 Å². The molecule has 3 aromatic rings. The van der Waals surface area contributed by atoms with Gasteiger partial charge < -0.3 is 16.4 Å². The highest BCUT2D eigenvalue weighted by atomic mass is 35.5. The van der Waals surface area contributed by atoms with Gasteiger partial charge in [-0.05, 0) is 44.2 Å². The fraction of sp³-hybridized carbons (Fsp3) is 0.478. The van der Waals surface area contributed by atoms with Crippen molar-refractivity contribution in [3.05, 3.63) is 34.2 Å². The number of fused-ring (bicyclic) bond motifs is 1. The van der Waals surface area contributed by atoms with Gasteiger partial charge in [0.2, 0.25) is 23.7 Å². The molecule has 192 valence electrons. The number of benzene rings is 1. The van der Waals surface area contributed by atoms with E-state index in [9.17, 15) is 18.0 Å². The third-order valence-corrected chi connectivity index (χ3v) is 7.39. The Labute approximate surface area is 214 Å². The highest BCUT2D eigenvalue weighted by molar-refractivity contribution is 6.36. The number of anilines is 3. The van der Waals surface area contributed by atoms with E-state index < -0.39 is 17.8 Å². The summed E-state index contributed by atoms with van der Waals surface area (Å²) in [5, 5.41) is 6.20. The molecule has 2 aliphatic carbocycles. The molecule has 13 heteroatoms.